The second kappa shape index (κ2) is 13.0. The predicted molar refractivity (Wildman–Crippen MR) is 133 cm³/mol. The molecule has 0 saturated heterocycles. The van der Waals surface area contributed by atoms with Crippen molar-refractivity contribution in [2.75, 3.05) is 12.3 Å². The number of amides is 2. The zero-order chi connectivity index (χ0) is 24.4. The van der Waals surface area contributed by atoms with Crippen LogP contribution in [0.1, 0.15) is 43.9 Å². The quantitative estimate of drug-likeness (QED) is 0.357. The number of carbonyl (C=O) groups is 2. The van der Waals surface area contributed by atoms with Crippen LogP contribution in [0.4, 0.5) is 5.69 Å². The van der Waals surface area contributed by atoms with E-state index in [9.17, 15) is 19.7 Å². The molecule has 178 valence electrons. The predicted octanol–water partition coefficient (Wildman–Crippen LogP) is 4.72. The van der Waals surface area contributed by atoms with Crippen LogP contribution in [0.5, 0.6) is 0 Å². The second-order valence-electron chi connectivity index (χ2n) is 8.49. The highest BCUT2D eigenvalue weighted by atomic mass is 32.2. The van der Waals surface area contributed by atoms with Crippen molar-refractivity contribution in [3.05, 3.63) is 75.3 Å². The van der Waals surface area contributed by atoms with Gasteiger partial charge in [0.25, 0.3) is 5.69 Å². The Kier molecular flexibility index (Phi) is 10.4. The van der Waals surface area contributed by atoms with Gasteiger partial charge < -0.3 is 10.2 Å². The van der Waals surface area contributed by atoms with Crippen LogP contribution in [0, 0.1) is 23.0 Å². The molecule has 0 radical (unpaired) electrons. The first-order valence-corrected chi connectivity index (χ1v) is 12.3. The Bertz CT molecular complexity index is 930. The summed E-state index contributed by atoms with van der Waals surface area (Å²) in [5.41, 5.74) is 3.06. The zero-order valence-electron chi connectivity index (χ0n) is 19.7. The first kappa shape index (κ1) is 26.4. The molecular formula is C25H33N3O4S. The summed E-state index contributed by atoms with van der Waals surface area (Å²) in [6, 6.07) is 13.8. The molecule has 7 nitrogen and oxygen atoms in total. The summed E-state index contributed by atoms with van der Waals surface area (Å²) in [6.45, 7) is 8.92. The maximum atomic E-state index is 13.2. The Hall–Kier alpha value is -2.87. The molecule has 0 aliphatic heterocycles. The maximum Gasteiger partial charge on any atom is 0.269 e. The normalized spacial score (nSPS) is 11.8. The minimum Gasteiger partial charge on any atom is -0.354 e. The van der Waals surface area contributed by atoms with E-state index < -0.39 is 11.0 Å². The number of nitrogens with one attached hydrogen (secondary N) is 1. The molecule has 0 saturated carbocycles. The smallest absolute Gasteiger partial charge is 0.269 e. The van der Waals surface area contributed by atoms with E-state index in [2.05, 4.69) is 5.32 Å². The van der Waals surface area contributed by atoms with Crippen molar-refractivity contribution < 1.29 is 14.5 Å². The van der Waals surface area contributed by atoms with Crippen LogP contribution in [0.15, 0.2) is 48.5 Å². The first-order chi connectivity index (χ1) is 15.7. The van der Waals surface area contributed by atoms with Gasteiger partial charge in [0.2, 0.25) is 11.8 Å². The largest absolute Gasteiger partial charge is 0.354 e. The van der Waals surface area contributed by atoms with Gasteiger partial charge in [-0.15, -0.1) is 11.8 Å². The molecule has 1 atom stereocenters. The van der Waals surface area contributed by atoms with Gasteiger partial charge in [0.05, 0.1) is 10.7 Å². The van der Waals surface area contributed by atoms with Gasteiger partial charge in [0, 0.05) is 31.0 Å². The van der Waals surface area contributed by atoms with Crippen molar-refractivity contribution in [1.29, 1.82) is 0 Å². The third-order valence-corrected chi connectivity index (χ3v) is 6.17. The molecule has 0 aliphatic carbocycles. The van der Waals surface area contributed by atoms with Crippen LogP contribution in [-0.2, 0) is 21.9 Å². The number of nitrogens with zero attached hydrogens (tertiary/aromatic N) is 2. The summed E-state index contributed by atoms with van der Waals surface area (Å²) in [7, 11) is 0. The summed E-state index contributed by atoms with van der Waals surface area (Å²) in [5.74, 6) is 0.862. The minimum absolute atomic E-state index is 0.0438. The van der Waals surface area contributed by atoms with Crippen LogP contribution >= 0.6 is 11.8 Å². The molecule has 0 aliphatic rings. The SMILES string of the molecule is CC[C@@H](C(=O)NCC(C)C)N(Cc1ccc(C)cc1)C(=O)CSCc1ccc([N+](=O)[O-])cc1. The zero-order valence-corrected chi connectivity index (χ0v) is 20.6. The van der Waals surface area contributed by atoms with Gasteiger partial charge in [0.1, 0.15) is 6.04 Å². The molecule has 2 rings (SSSR count). The lowest BCUT2D eigenvalue weighted by Crippen LogP contribution is -2.50. The molecule has 0 fully saturated rings. The molecular weight excluding hydrogens is 438 g/mol. The molecule has 0 unspecified atom stereocenters. The average Bonchev–Trinajstić information content (AvgIpc) is 2.79. The van der Waals surface area contributed by atoms with Gasteiger partial charge in [-0.1, -0.05) is 62.7 Å². The summed E-state index contributed by atoms with van der Waals surface area (Å²) >= 11 is 1.44. The molecule has 8 heteroatoms. The number of nitro benzene ring substituents is 1. The Balaban J connectivity index is 2.09. The van der Waals surface area contributed by atoms with Gasteiger partial charge in [0.15, 0.2) is 0 Å². The molecule has 0 aromatic heterocycles. The van der Waals surface area contributed by atoms with E-state index in [4.69, 9.17) is 0 Å². The van der Waals surface area contributed by atoms with Gasteiger partial charge >= 0.3 is 0 Å². The van der Waals surface area contributed by atoms with E-state index in [-0.39, 0.29) is 23.3 Å². The lowest BCUT2D eigenvalue weighted by atomic mass is 10.1. The summed E-state index contributed by atoms with van der Waals surface area (Å²) in [4.78, 5) is 38.2. The van der Waals surface area contributed by atoms with Gasteiger partial charge in [-0.2, -0.15) is 0 Å². The third-order valence-electron chi connectivity index (χ3n) is 5.19. The topological polar surface area (TPSA) is 92.6 Å². The lowest BCUT2D eigenvalue weighted by Gasteiger charge is -2.31. The molecule has 0 heterocycles. The Morgan fingerprint density at radius 2 is 1.67 bits per heavy atom. The van der Waals surface area contributed by atoms with E-state index >= 15 is 0 Å². The van der Waals surface area contributed by atoms with Crippen LogP contribution in [-0.4, -0.2) is 40.0 Å². The summed E-state index contributed by atoms with van der Waals surface area (Å²) < 4.78 is 0. The maximum absolute atomic E-state index is 13.2. The fourth-order valence-electron chi connectivity index (χ4n) is 3.29. The number of benzene rings is 2. The van der Waals surface area contributed by atoms with E-state index in [1.165, 1.54) is 23.9 Å². The fourth-order valence-corrected chi connectivity index (χ4v) is 4.16. The van der Waals surface area contributed by atoms with Gasteiger partial charge in [-0.3, -0.25) is 19.7 Å². The van der Waals surface area contributed by atoms with Crippen LogP contribution in [0.2, 0.25) is 0 Å². The molecule has 0 spiro atoms. The minimum atomic E-state index is -0.544. The highest BCUT2D eigenvalue weighted by Gasteiger charge is 2.28. The standard InChI is InChI=1S/C25H33N3O4S/c1-5-23(25(30)26-14-18(2)3)27(15-20-8-6-19(4)7-9-20)24(29)17-33-16-21-10-12-22(13-11-21)28(31)32/h6-13,18,23H,5,14-17H2,1-4H3,(H,26,30)/t23-/m0/s1. The number of thioether (sulfide) groups is 1. The number of carbonyl (C=O) groups excluding carboxylic acids is 2. The molecule has 2 aromatic carbocycles. The molecule has 33 heavy (non-hydrogen) atoms. The van der Waals surface area contributed by atoms with Crippen molar-refractivity contribution in [2.24, 2.45) is 5.92 Å². The first-order valence-electron chi connectivity index (χ1n) is 11.1. The molecule has 2 aromatic rings. The van der Waals surface area contributed by atoms with Gasteiger partial charge in [-0.05, 0) is 30.4 Å². The number of aryl methyl sites for hydroxylation is 1. The van der Waals surface area contributed by atoms with Crippen molar-refractivity contribution in [3.8, 4) is 0 Å². The van der Waals surface area contributed by atoms with E-state index in [0.717, 1.165) is 16.7 Å². The van der Waals surface area contributed by atoms with Crippen LogP contribution < -0.4 is 5.32 Å². The Morgan fingerprint density at radius 1 is 1.06 bits per heavy atom. The van der Waals surface area contributed by atoms with Crippen LogP contribution in [0.25, 0.3) is 0 Å². The number of hydrogen-bond donors (Lipinski definition) is 1. The third kappa shape index (κ3) is 8.53. The lowest BCUT2D eigenvalue weighted by molar-refractivity contribution is -0.384. The van der Waals surface area contributed by atoms with E-state index in [0.29, 0.717) is 31.2 Å². The highest BCUT2D eigenvalue weighted by Crippen LogP contribution is 2.19. The summed E-state index contributed by atoms with van der Waals surface area (Å²) in [6.07, 6.45) is 0.522. The van der Waals surface area contributed by atoms with Crippen molar-refractivity contribution in [1.82, 2.24) is 10.2 Å². The Labute approximate surface area is 200 Å². The van der Waals surface area contributed by atoms with E-state index in [1.54, 1.807) is 17.0 Å². The second-order valence-corrected chi connectivity index (χ2v) is 9.47. The highest BCUT2D eigenvalue weighted by molar-refractivity contribution is 7.99. The number of non-ortho nitro benzene ring substituents is 1. The molecule has 2 amide bonds. The van der Waals surface area contributed by atoms with E-state index in [1.807, 2.05) is 52.0 Å². The Morgan fingerprint density at radius 3 is 2.21 bits per heavy atom. The van der Waals surface area contributed by atoms with Crippen molar-refractivity contribution in [2.45, 2.75) is 52.5 Å². The fraction of sp³-hybridized carbons (Fsp3) is 0.440. The number of hydrogen-bond acceptors (Lipinski definition) is 5. The monoisotopic (exact) mass is 471 g/mol. The molecule has 1 N–H and O–H groups in total. The molecule has 0 bridgehead atoms. The van der Waals surface area contributed by atoms with Crippen molar-refractivity contribution >= 4 is 29.3 Å². The van der Waals surface area contributed by atoms with Crippen LogP contribution in [0.3, 0.4) is 0 Å². The number of rotatable bonds is 12. The number of nitro groups is 1. The average molecular weight is 472 g/mol. The van der Waals surface area contributed by atoms with Crippen molar-refractivity contribution in [3.63, 3.8) is 0 Å². The summed E-state index contributed by atoms with van der Waals surface area (Å²) in [5, 5.41) is 13.8. The van der Waals surface area contributed by atoms with Gasteiger partial charge in [-0.25, -0.2) is 0 Å².